The van der Waals surface area contributed by atoms with Gasteiger partial charge in [0.1, 0.15) is 0 Å². The number of amides is 1. The number of nitrogens with one attached hydrogen (secondary N) is 2. The lowest BCUT2D eigenvalue weighted by molar-refractivity contribution is 0.102. The Balaban J connectivity index is 1.59. The van der Waals surface area contributed by atoms with Crippen LogP contribution >= 0.6 is 0 Å². The molecule has 4 rings (SSSR count). The summed E-state index contributed by atoms with van der Waals surface area (Å²) in [4.78, 5) is 33.8. The van der Waals surface area contributed by atoms with E-state index < -0.39 is 5.41 Å². The second kappa shape index (κ2) is 8.79. The first-order valence-electron chi connectivity index (χ1n) is 10.7. The van der Waals surface area contributed by atoms with Gasteiger partial charge in [-0.05, 0) is 68.8 Å². The molecule has 0 saturated carbocycles. The summed E-state index contributed by atoms with van der Waals surface area (Å²) in [6, 6.07) is 16.4. The third-order valence-corrected chi connectivity index (χ3v) is 5.63. The van der Waals surface area contributed by atoms with E-state index in [0.29, 0.717) is 27.8 Å². The molecule has 2 N–H and O–H groups in total. The van der Waals surface area contributed by atoms with Crippen molar-refractivity contribution >= 4 is 33.9 Å². The lowest BCUT2D eigenvalue weighted by Gasteiger charge is -2.16. The largest absolute Gasteiger partial charge is 0.355 e. The number of aromatic nitrogens is 3. The van der Waals surface area contributed by atoms with Gasteiger partial charge in [-0.1, -0.05) is 6.07 Å². The molecule has 0 fully saturated rings. The van der Waals surface area contributed by atoms with E-state index >= 15 is 0 Å². The zero-order valence-corrected chi connectivity index (χ0v) is 19.4. The van der Waals surface area contributed by atoms with Gasteiger partial charge in [0.25, 0.3) is 11.5 Å². The highest BCUT2D eigenvalue weighted by molar-refractivity contribution is 6.04. The van der Waals surface area contributed by atoms with Crippen molar-refractivity contribution in [1.82, 2.24) is 14.5 Å². The number of aryl methyl sites for hydroxylation is 2. The summed E-state index contributed by atoms with van der Waals surface area (Å²) < 4.78 is 1.44. The predicted molar refractivity (Wildman–Crippen MR) is 132 cm³/mol. The number of hydrogen-bond acceptors (Lipinski definition) is 6. The van der Waals surface area contributed by atoms with Crippen molar-refractivity contribution in [2.24, 2.45) is 7.05 Å². The van der Waals surface area contributed by atoms with E-state index in [1.54, 1.807) is 45.2 Å². The van der Waals surface area contributed by atoms with Crippen molar-refractivity contribution in [1.29, 1.82) is 5.26 Å². The number of anilines is 3. The molecule has 1 amide bonds. The average Bonchev–Trinajstić information content (AvgIpc) is 2.84. The molecule has 4 aromatic rings. The summed E-state index contributed by atoms with van der Waals surface area (Å²) in [5, 5.41) is 16.1. The van der Waals surface area contributed by atoms with Crippen LogP contribution in [-0.2, 0) is 12.5 Å². The van der Waals surface area contributed by atoms with Gasteiger partial charge in [-0.15, -0.1) is 0 Å². The fourth-order valence-corrected chi connectivity index (χ4v) is 3.45. The highest BCUT2D eigenvalue weighted by Crippen LogP contribution is 2.26. The van der Waals surface area contributed by atoms with E-state index in [2.05, 4.69) is 26.7 Å². The highest BCUT2D eigenvalue weighted by Gasteiger charge is 2.22. The molecule has 0 aliphatic rings. The summed E-state index contributed by atoms with van der Waals surface area (Å²) in [6.45, 7) is 5.47. The van der Waals surface area contributed by atoms with E-state index in [-0.39, 0.29) is 11.5 Å². The smallest absolute Gasteiger partial charge is 0.260 e. The first-order valence-corrected chi connectivity index (χ1v) is 10.7. The normalized spacial score (nSPS) is 11.1. The third-order valence-electron chi connectivity index (χ3n) is 5.63. The van der Waals surface area contributed by atoms with Crippen LogP contribution < -0.4 is 16.2 Å². The molecule has 2 aromatic carbocycles. The molecule has 0 aliphatic carbocycles. The summed E-state index contributed by atoms with van der Waals surface area (Å²) in [6.07, 6.45) is 3.03. The zero-order valence-electron chi connectivity index (χ0n) is 19.4. The molecule has 0 aliphatic heterocycles. The Morgan fingerprint density at radius 1 is 1.06 bits per heavy atom. The van der Waals surface area contributed by atoms with Crippen LogP contribution in [0.25, 0.3) is 10.9 Å². The molecule has 0 radical (unpaired) electrons. The van der Waals surface area contributed by atoms with Crippen LogP contribution in [0, 0.1) is 18.3 Å². The lowest BCUT2D eigenvalue weighted by atomic mass is 9.90. The molecule has 8 nitrogen and oxygen atoms in total. The number of carbonyl (C=O) groups is 1. The van der Waals surface area contributed by atoms with E-state index in [1.807, 2.05) is 31.2 Å². The molecule has 0 unspecified atom stereocenters. The molecule has 0 saturated heterocycles. The monoisotopic (exact) mass is 452 g/mol. The Kier molecular flexibility index (Phi) is 5.86. The van der Waals surface area contributed by atoms with E-state index in [0.717, 1.165) is 16.9 Å². The van der Waals surface area contributed by atoms with Crippen LogP contribution in [0.5, 0.6) is 0 Å². The second-order valence-electron chi connectivity index (χ2n) is 8.67. The van der Waals surface area contributed by atoms with Gasteiger partial charge in [0.2, 0.25) is 0 Å². The summed E-state index contributed by atoms with van der Waals surface area (Å²) in [5.41, 5.74) is 3.76. The molecule has 34 heavy (non-hydrogen) atoms. The van der Waals surface area contributed by atoms with Gasteiger partial charge in [0.05, 0.1) is 34.4 Å². The van der Waals surface area contributed by atoms with Crippen molar-refractivity contribution in [3.8, 4) is 6.07 Å². The minimum atomic E-state index is -0.798. The minimum Gasteiger partial charge on any atom is -0.355 e. The van der Waals surface area contributed by atoms with Crippen LogP contribution in [0.4, 0.5) is 17.1 Å². The Morgan fingerprint density at radius 2 is 1.82 bits per heavy atom. The van der Waals surface area contributed by atoms with E-state index in [1.165, 1.54) is 17.1 Å². The number of fused-ring (bicyclic) bond motifs is 1. The average molecular weight is 453 g/mol. The summed E-state index contributed by atoms with van der Waals surface area (Å²) in [5.74, 6) is -0.299. The first-order chi connectivity index (χ1) is 16.2. The number of benzene rings is 2. The molecule has 0 atom stereocenters. The van der Waals surface area contributed by atoms with Crippen LogP contribution in [0.15, 0.2) is 65.8 Å². The topological polar surface area (TPSA) is 113 Å². The van der Waals surface area contributed by atoms with Gasteiger partial charge in [-0.2, -0.15) is 5.26 Å². The Labute approximate surface area is 196 Å². The third kappa shape index (κ3) is 4.50. The Hall–Kier alpha value is -4.51. The molecule has 0 bridgehead atoms. The molecular formula is C26H24N6O2. The van der Waals surface area contributed by atoms with Gasteiger partial charge >= 0.3 is 0 Å². The first kappa shape index (κ1) is 22.7. The Morgan fingerprint density at radius 3 is 2.59 bits per heavy atom. The molecule has 8 heteroatoms. The highest BCUT2D eigenvalue weighted by atomic mass is 16.1. The molecule has 170 valence electrons. The van der Waals surface area contributed by atoms with E-state index in [9.17, 15) is 14.9 Å². The van der Waals surface area contributed by atoms with Crippen molar-refractivity contribution in [2.75, 3.05) is 10.6 Å². The number of rotatable bonds is 5. The lowest BCUT2D eigenvalue weighted by Crippen LogP contribution is -2.18. The predicted octanol–water partition coefficient (Wildman–Crippen LogP) is 4.43. The zero-order chi connectivity index (χ0) is 24.5. The number of nitrogens with zero attached hydrogens (tertiary/aromatic N) is 4. The molecular weight excluding hydrogens is 428 g/mol. The molecule has 2 aromatic heterocycles. The second-order valence-corrected chi connectivity index (χ2v) is 8.67. The maximum atomic E-state index is 12.9. The quantitative estimate of drug-likeness (QED) is 0.463. The van der Waals surface area contributed by atoms with Crippen LogP contribution in [0.1, 0.15) is 35.5 Å². The summed E-state index contributed by atoms with van der Waals surface area (Å²) >= 11 is 0. The van der Waals surface area contributed by atoms with Gasteiger partial charge in [-0.25, -0.2) is 4.98 Å². The number of hydrogen-bond donors (Lipinski definition) is 2. The Bertz CT molecular complexity index is 1510. The van der Waals surface area contributed by atoms with Gasteiger partial charge in [-0.3, -0.25) is 14.6 Å². The standard InChI is InChI=1S/C26H24N6O2/c1-16-5-6-19(31-24(33)17-9-10-28-23(11-17)26(2,3)14-27)13-22(16)30-18-7-8-21-20(12-18)25(34)32(4)15-29-21/h5-13,15,30H,1-4H3,(H,31,33). The van der Waals surface area contributed by atoms with Crippen molar-refractivity contribution in [3.63, 3.8) is 0 Å². The van der Waals surface area contributed by atoms with Gasteiger partial charge in [0, 0.05) is 35.9 Å². The van der Waals surface area contributed by atoms with Crippen LogP contribution in [0.2, 0.25) is 0 Å². The van der Waals surface area contributed by atoms with Crippen molar-refractivity contribution < 1.29 is 4.79 Å². The van der Waals surface area contributed by atoms with Crippen molar-refractivity contribution in [2.45, 2.75) is 26.2 Å². The summed E-state index contributed by atoms with van der Waals surface area (Å²) in [7, 11) is 1.66. The van der Waals surface area contributed by atoms with Gasteiger partial charge < -0.3 is 15.2 Å². The molecule has 0 spiro atoms. The van der Waals surface area contributed by atoms with E-state index in [4.69, 9.17) is 0 Å². The molecule has 2 heterocycles. The maximum absolute atomic E-state index is 12.9. The number of nitriles is 1. The SMILES string of the molecule is Cc1ccc(NC(=O)c2ccnc(C(C)(C)C#N)c2)cc1Nc1ccc2ncn(C)c(=O)c2c1. The minimum absolute atomic E-state index is 0.123. The fraction of sp³-hybridized carbons (Fsp3) is 0.192. The van der Waals surface area contributed by atoms with Crippen molar-refractivity contribution in [3.05, 3.63) is 88.2 Å². The van der Waals surface area contributed by atoms with Crippen LogP contribution in [-0.4, -0.2) is 20.4 Å². The maximum Gasteiger partial charge on any atom is 0.260 e. The number of pyridine rings is 1. The van der Waals surface area contributed by atoms with Crippen LogP contribution in [0.3, 0.4) is 0 Å². The number of carbonyl (C=O) groups excluding carboxylic acids is 1. The fourth-order valence-electron chi connectivity index (χ4n) is 3.45. The van der Waals surface area contributed by atoms with Gasteiger partial charge in [0.15, 0.2) is 0 Å².